The van der Waals surface area contributed by atoms with Gasteiger partial charge >= 0.3 is 6.09 Å². The van der Waals surface area contributed by atoms with E-state index in [1.807, 2.05) is 19.9 Å². The molecule has 2 rings (SSSR count). The molecular formula is C17H29N5O2. The summed E-state index contributed by atoms with van der Waals surface area (Å²) < 4.78 is 5.06. The number of nitrogens with zero attached hydrogens (tertiary/aromatic N) is 5. The Labute approximate surface area is 144 Å². The maximum absolute atomic E-state index is 11.8. The number of piperazine rings is 1. The predicted molar refractivity (Wildman–Crippen MR) is 95.8 cm³/mol. The van der Waals surface area contributed by atoms with Gasteiger partial charge in [-0.05, 0) is 20.3 Å². The van der Waals surface area contributed by atoms with E-state index in [2.05, 4.69) is 28.8 Å². The van der Waals surface area contributed by atoms with Crippen LogP contribution >= 0.6 is 0 Å². The van der Waals surface area contributed by atoms with E-state index in [9.17, 15) is 4.79 Å². The molecule has 0 bridgehead atoms. The molecule has 0 saturated carbocycles. The van der Waals surface area contributed by atoms with Gasteiger partial charge in [-0.25, -0.2) is 9.78 Å². The van der Waals surface area contributed by atoms with Gasteiger partial charge in [0.15, 0.2) is 0 Å². The van der Waals surface area contributed by atoms with Crippen LogP contribution in [0.25, 0.3) is 0 Å². The van der Waals surface area contributed by atoms with Crippen LogP contribution in [0.15, 0.2) is 6.07 Å². The van der Waals surface area contributed by atoms with E-state index in [0.717, 1.165) is 49.9 Å². The summed E-state index contributed by atoms with van der Waals surface area (Å²) in [4.78, 5) is 27.1. The third kappa shape index (κ3) is 4.72. The Morgan fingerprint density at radius 1 is 1.25 bits per heavy atom. The van der Waals surface area contributed by atoms with Gasteiger partial charge in [-0.1, -0.05) is 13.3 Å². The molecule has 0 unspecified atom stereocenters. The van der Waals surface area contributed by atoms with Gasteiger partial charge in [0.2, 0.25) is 5.95 Å². The second kappa shape index (κ2) is 8.70. The molecule has 134 valence electrons. The number of carbonyl (C=O) groups is 1. The van der Waals surface area contributed by atoms with Crippen LogP contribution < -0.4 is 9.80 Å². The Kier molecular flexibility index (Phi) is 6.63. The minimum Gasteiger partial charge on any atom is -0.450 e. The molecule has 1 aromatic rings. The van der Waals surface area contributed by atoms with E-state index in [0.29, 0.717) is 19.7 Å². The predicted octanol–water partition coefficient (Wildman–Crippen LogP) is 2.30. The Balaban J connectivity index is 2.02. The molecule has 1 fully saturated rings. The van der Waals surface area contributed by atoms with E-state index in [1.165, 1.54) is 0 Å². The molecule has 7 heteroatoms. The Morgan fingerprint density at radius 2 is 1.96 bits per heavy atom. The molecule has 1 aliphatic rings. The van der Waals surface area contributed by atoms with E-state index >= 15 is 0 Å². The monoisotopic (exact) mass is 335 g/mol. The number of aryl methyl sites for hydroxylation is 1. The molecule has 0 atom stereocenters. The topological polar surface area (TPSA) is 61.8 Å². The smallest absolute Gasteiger partial charge is 0.409 e. The highest BCUT2D eigenvalue weighted by Crippen LogP contribution is 2.18. The SMILES string of the molecule is CCCCN(C)c1cc(C)nc(N2CCN(C(=O)OCC)CC2)n1. The molecule has 1 aromatic heterocycles. The van der Waals surface area contributed by atoms with Crippen molar-refractivity contribution in [1.29, 1.82) is 0 Å². The summed E-state index contributed by atoms with van der Waals surface area (Å²) in [5.41, 5.74) is 0.964. The summed E-state index contributed by atoms with van der Waals surface area (Å²) in [5, 5.41) is 0. The summed E-state index contributed by atoms with van der Waals surface area (Å²) in [5.74, 6) is 1.70. The number of amides is 1. The fourth-order valence-electron chi connectivity index (χ4n) is 2.69. The maximum atomic E-state index is 11.8. The standard InChI is InChI=1S/C17H29N5O2/c1-5-7-8-20(4)15-13-14(3)18-16(19-15)21-9-11-22(12-10-21)17(23)24-6-2/h13H,5-12H2,1-4H3. The van der Waals surface area contributed by atoms with E-state index in [1.54, 1.807) is 4.90 Å². The van der Waals surface area contributed by atoms with Crippen LogP contribution in [0.2, 0.25) is 0 Å². The van der Waals surface area contributed by atoms with Crippen molar-refractivity contribution in [3.05, 3.63) is 11.8 Å². The maximum Gasteiger partial charge on any atom is 0.409 e. The lowest BCUT2D eigenvalue weighted by molar-refractivity contribution is 0.105. The molecule has 1 saturated heterocycles. The molecule has 24 heavy (non-hydrogen) atoms. The van der Waals surface area contributed by atoms with Crippen LogP contribution in [0.3, 0.4) is 0 Å². The Hall–Kier alpha value is -2.05. The van der Waals surface area contributed by atoms with Crippen molar-refractivity contribution >= 4 is 17.9 Å². The van der Waals surface area contributed by atoms with Gasteiger partial charge in [0.1, 0.15) is 5.82 Å². The first kappa shape index (κ1) is 18.3. The second-order valence-corrected chi connectivity index (χ2v) is 6.12. The fraction of sp³-hybridized carbons (Fsp3) is 0.706. The largest absolute Gasteiger partial charge is 0.450 e. The Morgan fingerprint density at radius 3 is 2.58 bits per heavy atom. The highest BCUT2D eigenvalue weighted by Gasteiger charge is 2.24. The van der Waals surface area contributed by atoms with Crippen LogP contribution in [0.4, 0.5) is 16.6 Å². The minimum absolute atomic E-state index is 0.234. The number of anilines is 2. The van der Waals surface area contributed by atoms with Gasteiger partial charge in [-0.2, -0.15) is 4.98 Å². The number of rotatable bonds is 6. The minimum atomic E-state index is -0.234. The van der Waals surface area contributed by atoms with E-state index in [4.69, 9.17) is 9.72 Å². The molecule has 2 heterocycles. The van der Waals surface area contributed by atoms with Crippen molar-refractivity contribution in [2.75, 3.05) is 56.2 Å². The first-order valence-corrected chi connectivity index (χ1v) is 8.78. The van der Waals surface area contributed by atoms with E-state index in [-0.39, 0.29) is 6.09 Å². The highest BCUT2D eigenvalue weighted by molar-refractivity contribution is 5.68. The zero-order valence-corrected chi connectivity index (χ0v) is 15.3. The second-order valence-electron chi connectivity index (χ2n) is 6.12. The summed E-state index contributed by atoms with van der Waals surface area (Å²) >= 11 is 0. The third-order valence-electron chi connectivity index (χ3n) is 4.16. The van der Waals surface area contributed by atoms with Crippen LogP contribution in [-0.2, 0) is 4.74 Å². The lowest BCUT2D eigenvalue weighted by atomic mass is 10.3. The molecule has 0 N–H and O–H groups in total. The van der Waals surface area contributed by atoms with Crippen LogP contribution in [-0.4, -0.2) is 67.3 Å². The lowest BCUT2D eigenvalue weighted by Gasteiger charge is -2.34. The third-order valence-corrected chi connectivity index (χ3v) is 4.16. The number of aromatic nitrogens is 2. The quantitative estimate of drug-likeness (QED) is 0.795. The molecule has 0 radical (unpaired) electrons. The first-order chi connectivity index (χ1) is 11.5. The van der Waals surface area contributed by atoms with Crippen LogP contribution in [0.1, 0.15) is 32.4 Å². The van der Waals surface area contributed by atoms with Crippen LogP contribution in [0.5, 0.6) is 0 Å². The molecule has 1 amide bonds. The van der Waals surface area contributed by atoms with Gasteiger partial charge in [-0.3, -0.25) is 0 Å². The summed E-state index contributed by atoms with van der Waals surface area (Å²) in [6.45, 7) is 10.1. The fourth-order valence-corrected chi connectivity index (χ4v) is 2.69. The number of carbonyl (C=O) groups excluding carboxylic acids is 1. The molecule has 1 aliphatic heterocycles. The Bertz CT molecular complexity index is 544. The van der Waals surface area contributed by atoms with Crippen molar-refractivity contribution in [1.82, 2.24) is 14.9 Å². The lowest BCUT2D eigenvalue weighted by Crippen LogP contribution is -2.49. The van der Waals surface area contributed by atoms with Gasteiger partial charge in [-0.15, -0.1) is 0 Å². The van der Waals surface area contributed by atoms with Gasteiger partial charge in [0, 0.05) is 51.5 Å². The van der Waals surface area contributed by atoms with Crippen molar-refractivity contribution < 1.29 is 9.53 Å². The molecular weight excluding hydrogens is 306 g/mol. The van der Waals surface area contributed by atoms with Gasteiger partial charge < -0.3 is 19.4 Å². The molecule has 0 aromatic carbocycles. The molecule has 0 aliphatic carbocycles. The highest BCUT2D eigenvalue weighted by atomic mass is 16.6. The van der Waals surface area contributed by atoms with Crippen LogP contribution in [0, 0.1) is 6.92 Å². The van der Waals surface area contributed by atoms with Crippen molar-refractivity contribution in [3.8, 4) is 0 Å². The average molecular weight is 335 g/mol. The van der Waals surface area contributed by atoms with Gasteiger partial charge in [0.05, 0.1) is 6.61 Å². The zero-order valence-electron chi connectivity index (χ0n) is 15.3. The number of unbranched alkanes of at least 4 members (excludes halogenated alkanes) is 1. The summed E-state index contributed by atoms with van der Waals surface area (Å²) in [6, 6.07) is 2.02. The average Bonchev–Trinajstić information content (AvgIpc) is 2.59. The summed E-state index contributed by atoms with van der Waals surface area (Å²) in [7, 11) is 2.07. The normalized spacial score (nSPS) is 14.7. The van der Waals surface area contributed by atoms with Crippen molar-refractivity contribution in [2.24, 2.45) is 0 Å². The number of hydrogen-bond donors (Lipinski definition) is 0. The number of hydrogen-bond acceptors (Lipinski definition) is 6. The van der Waals surface area contributed by atoms with Gasteiger partial charge in [0.25, 0.3) is 0 Å². The molecule has 0 spiro atoms. The van der Waals surface area contributed by atoms with Crippen molar-refractivity contribution in [2.45, 2.75) is 33.6 Å². The number of ether oxygens (including phenoxy) is 1. The summed E-state index contributed by atoms with van der Waals surface area (Å²) in [6.07, 6.45) is 2.08. The first-order valence-electron chi connectivity index (χ1n) is 8.78. The zero-order chi connectivity index (χ0) is 17.5. The van der Waals surface area contributed by atoms with E-state index < -0.39 is 0 Å². The van der Waals surface area contributed by atoms with Crippen molar-refractivity contribution in [3.63, 3.8) is 0 Å². The molecule has 7 nitrogen and oxygen atoms in total.